The normalized spacial score (nSPS) is 12.7. The second kappa shape index (κ2) is 8.97. The smallest absolute Gasteiger partial charge is 0.323 e. The standard InChI is InChI=1S/C10H21NO3/c1-2-3-4-5-6-7-11-9(8-12)10(13)14/h9,11-12H,2-8H2,1H3,(H,13,14)/t9-/m0/s1. The van der Waals surface area contributed by atoms with E-state index >= 15 is 0 Å². The van der Waals surface area contributed by atoms with Gasteiger partial charge in [-0.05, 0) is 13.0 Å². The maximum absolute atomic E-state index is 10.5. The highest BCUT2D eigenvalue weighted by atomic mass is 16.4. The fraction of sp³-hybridized carbons (Fsp3) is 0.900. The number of rotatable bonds is 9. The number of carboxylic acid groups (broad SMARTS) is 1. The molecule has 0 rings (SSSR count). The molecule has 0 bridgehead atoms. The highest BCUT2D eigenvalue weighted by Gasteiger charge is 2.13. The van der Waals surface area contributed by atoms with Gasteiger partial charge in [-0.2, -0.15) is 0 Å². The average molecular weight is 203 g/mol. The van der Waals surface area contributed by atoms with Gasteiger partial charge >= 0.3 is 5.97 Å². The first kappa shape index (κ1) is 13.4. The molecule has 0 heterocycles. The molecule has 0 saturated heterocycles. The first-order chi connectivity index (χ1) is 6.72. The minimum atomic E-state index is -0.985. The van der Waals surface area contributed by atoms with E-state index in [9.17, 15) is 4.79 Å². The van der Waals surface area contributed by atoms with Gasteiger partial charge < -0.3 is 15.5 Å². The number of aliphatic hydroxyl groups is 1. The molecule has 84 valence electrons. The molecule has 0 aromatic carbocycles. The van der Waals surface area contributed by atoms with Crippen molar-refractivity contribution in [1.82, 2.24) is 5.32 Å². The zero-order valence-electron chi connectivity index (χ0n) is 8.83. The number of hydrogen-bond donors (Lipinski definition) is 3. The van der Waals surface area contributed by atoms with Gasteiger partial charge in [0.1, 0.15) is 6.04 Å². The van der Waals surface area contributed by atoms with Crippen LogP contribution in [-0.4, -0.2) is 35.4 Å². The van der Waals surface area contributed by atoms with E-state index in [-0.39, 0.29) is 6.61 Å². The molecule has 0 amide bonds. The fourth-order valence-corrected chi connectivity index (χ4v) is 1.23. The number of aliphatic hydroxyl groups excluding tert-OH is 1. The summed E-state index contributed by atoms with van der Waals surface area (Å²) in [7, 11) is 0. The lowest BCUT2D eigenvalue weighted by Crippen LogP contribution is -2.40. The zero-order chi connectivity index (χ0) is 10.8. The van der Waals surface area contributed by atoms with E-state index in [4.69, 9.17) is 10.2 Å². The van der Waals surface area contributed by atoms with Crippen molar-refractivity contribution in [2.24, 2.45) is 0 Å². The van der Waals surface area contributed by atoms with Crippen molar-refractivity contribution in [3.63, 3.8) is 0 Å². The summed E-state index contributed by atoms with van der Waals surface area (Å²) in [5, 5.41) is 20.1. The van der Waals surface area contributed by atoms with Gasteiger partial charge in [-0.25, -0.2) is 0 Å². The molecule has 0 aromatic heterocycles. The molecular formula is C10H21NO3. The van der Waals surface area contributed by atoms with Crippen LogP contribution in [0.1, 0.15) is 39.0 Å². The Bertz CT molecular complexity index is 150. The Labute approximate surface area is 85.3 Å². The van der Waals surface area contributed by atoms with Gasteiger partial charge in [-0.1, -0.05) is 32.6 Å². The lowest BCUT2D eigenvalue weighted by molar-refractivity contribution is -0.140. The van der Waals surface area contributed by atoms with Gasteiger partial charge in [0, 0.05) is 0 Å². The van der Waals surface area contributed by atoms with Gasteiger partial charge in [0.2, 0.25) is 0 Å². The quantitative estimate of drug-likeness (QED) is 0.489. The summed E-state index contributed by atoms with van der Waals surface area (Å²) in [6.07, 6.45) is 5.75. The summed E-state index contributed by atoms with van der Waals surface area (Å²) in [5.74, 6) is -0.985. The van der Waals surface area contributed by atoms with Crippen LogP contribution in [0.25, 0.3) is 0 Å². The number of carboxylic acids is 1. The van der Waals surface area contributed by atoms with E-state index in [1.807, 2.05) is 0 Å². The molecule has 0 aliphatic rings. The zero-order valence-corrected chi connectivity index (χ0v) is 8.83. The Hall–Kier alpha value is -0.610. The van der Waals surface area contributed by atoms with Crippen LogP contribution < -0.4 is 5.32 Å². The average Bonchev–Trinajstić information content (AvgIpc) is 2.16. The topological polar surface area (TPSA) is 69.6 Å². The van der Waals surface area contributed by atoms with Crippen LogP contribution >= 0.6 is 0 Å². The summed E-state index contributed by atoms with van der Waals surface area (Å²) in [6, 6.07) is -0.804. The Morgan fingerprint density at radius 2 is 1.93 bits per heavy atom. The Morgan fingerprint density at radius 3 is 2.43 bits per heavy atom. The minimum absolute atomic E-state index is 0.343. The van der Waals surface area contributed by atoms with Crippen LogP contribution in [0.2, 0.25) is 0 Å². The van der Waals surface area contributed by atoms with E-state index in [0.29, 0.717) is 6.54 Å². The molecule has 0 aliphatic carbocycles. The van der Waals surface area contributed by atoms with Gasteiger partial charge in [0.05, 0.1) is 6.61 Å². The van der Waals surface area contributed by atoms with E-state index in [1.54, 1.807) is 0 Å². The predicted molar refractivity (Wildman–Crippen MR) is 55.3 cm³/mol. The van der Waals surface area contributed by atoms with E-state index < -0.39 is 12.0 Å². The van der Waals surface area contributed by atoms with Crippen molar-refractivity contribution in [2.75, 3.05) is 13.2 Å². The van der Waals surface area contributed by atoms with Crippen molar-refractivity contribution in [1.29, 1.82) is 0 Å². The summed E-state index contributed by atoms with van der Waals surface area (Å²) < 4.78 is 0. The monoisotopic (exact) mass is 203 g/mol. The third-order valence-electron chi connectivity index (χ3n) is 2.15. The maximum atomic E-state index is 10.5. The first-order valence-electron chi connectivity index (χ1n) is 5.29. The van der Waals surface area contributed by atoms with E-state index in [1.165, 1.54) is 19.3 Å². The molecule has 1 atom stereocenters. The molecule has 3 N–H and O–H groups in total. The summed E-state index contributed by atoms with van der Waals surface area (Å²) in [4.78, 5) is 10.5. The predicted octanol–water partition coefficient (Wildman–Crippen LogP) is 0.992. The molecule has 4 heteroatoms. The van der Waals surface area contributed by atoms with Gasteiger partial charge in [-0.3, -0.25) is 4.79 Å². The largest absolute Gasteiger partial charge is 0.480 e. The van der Waals surface area contributed by atoms with Crippen LogP contribution in [0, 0.1) is 0 Å². The van der Waals surface area contributed by atoms with Gasteiger partial charge in [-0.15, -0.1) is 0 Å². The van der Waals surface area contributed by atoms with Crippen molar-refractivity contribution in [3.05, 3.63) is 0 Å². The first-order valence-corrected chi connectivity index (χ1v) is 5.29. The van der Waals surface area contributed by atoms with Crippen molar-refractivity contribution < 1.29 is 15.0 Å². The molecule has 0 spiro atoms. The molecule has 4 nitrogen and oxygen atoms in total. The molecule has 0 saturated carbocycles. The fourth-order valence-electron chi connectivity index (χ4n) is 1.23. The Balaban J connectivity index is 3.29. The van der Waals surface area contributed by atoms with Crippen LogP contribution in [-0.2, 0) is 4.79 Å². The number of nitrogens with one attached hydrogen (secondary N) is 1. The maximum Gasteiger partial charge on any atom is 0.323 e. The van der Waals surface area contributed by atoms with Crippen LogP contribution in [0.5, 0.6) is 0 Å². The van der Waals surface area contributed by atoms with Crippen LogP contribution in [0.3, 0.4) is 0 Å². The molecule has 14 heavy (non-hydrogen) atoms. The lowest BCUT2D eigenvalue weighted by atomic mass is 10.1. The highest BCUT2D eigenvalue weighted by molar-refractivity contribution is 5.73. The molecule has 0 unspecified atom stereocenters. The number of aliphatic carboxylic acids is 1. The number of hydrogen-bond acceptors (Lipinski definition) is 3. The number of unbranched alkanes of at least 4 members (excludes halogenated alkanes) is 4. The second-order valence-electron chi connectivity index (χ2n) is 3.44. The molecular weight excluding hydrogens is 182 g/mol. The Morgan fingerprint density at radius 1 is 1.29 bits per heavy atom. The number of carbonyl (C=O) groups is 1. The van der Waals surface area contributed by atoms with Gasteiger partial charge in [0.15, 0.2) is 0 Å². The summed E-state index contributed by atoms with van der Waals surface area (Å²) in [5.41, 5.74) is 0. The summed E-state index contributed by atoms with van der Waals surface area (Å²) >= 11 is 0. The summed E-state index contributed by atoms with van der Waals surface area (Å²) in [6.45, 7) is 2.48. The minimum Gasteiger partial charge on any atom is -0.480 e. The van der Waals surface area contributed by atoms with E-state index in [2.05, 4.69) is 12.2 Å². The second-order valence-corrected chi connectivity index (χ2v) is 3.44. The molecule has 0 aromatic rings. The lowest BCUT2D eigenvalue weighted by Gasteiger charge is -2.10. The molecule has 0 fully saturated rings. The van der Waals surface area contributed by atoms with Crippen molar-refractivity contribution in [2.45, 2.75) is 45.1 Å². The third kappa shape index (κ3) is 6.86. The Kier molecular flexibility index (Phi) is 8.57. The van der Waals surface area contributed by atoms with Crippen LogP contribution in [0.15, 0.2) is 0 Å². The van der Waals surface area contributed by atoms with Crippen LogP contribution in [0.4, 0.5) is 0 Å². The molecule has 0 radical (unpaired) electrons. The third-order valence-corrected chi connectivity index (χ3v) is 2.15. The van der Waals surface area contributed by atoms with Gasteiger partial charge in [0.25, 0.3) is 0 Å². The van der Waals surface area contributed by atoms with E-state index in [0.717, 1.165) is 12.8 Å². The van der Waals surface area contributed by atoms with Crippen molar-refractivity contribution in [3.8, 4) is 0 Å². The highest BCUT2D eigenvalue weighted by Crippen LogP contribution is 2.01. The SMILES string of the molecule is CCCCCCCN[C@@H](CO)C(=O)O. The van der Waals surface area contributed by atoms with Crippen molar-refractivity contribution >= 4 is 5.97 Å². The molecule has 0 aliphatic heterocycles.